The molecule has 4 heteroatoms. The van der Waals surface area contributed by atoms with Crippen molar-refractivity contribution in [2.45, 2.75) is 64.6 Å². The third kappa shape index (κ3) is 3.70. The maximum atomic E-state index is 12.7. The molecule has 1 unspecified atom stereocenters. The van der Waals surface area contributed by atoms with E-state index in [2.05, 4.69) is 25.1 Å². The second-order valence-electron chi connectivity index (χ2n) is 8.06. The number of carbonyl (C=O) groups excluding carboxylic acids is 1. The highest BCUT2D eigenvalue weighted by molar-refractivity contribution is 5.99. The molecule has 0 aromatic heterocycles. The zero-order valence-electron chi connectivity index (χ0n) is 16.5. The SMILES string of the molecule is CCCCOC1=C(C)C(=O)C(Cc2cccc3c2CCC2(C3)OCCO2)C1. The molecule has 1 atom stereocenters. The fraction of sp³-hybridized carbons (Fsp3) is 0.609. The molecule has 3 aliphatic rings. The molecule has 4 rings (SSSR count). The average molecular weight is 370 g/mol. The molecule has 0 bridgehead atoms. The van der Waals surface area contributed by atoms with Crippen LogP contribution in [-0.4, -0.2) is 31.4 Å². The first-order valence-corrected chi connectivity index (χ1v) is 10.4. The Labute approximate surface area is 161 Å². The zero-order chi connectivity index (χ0) is 18.9. The number of allylic oxidation sites excluding steroid dienone is 2. The van der Waals surface area contributed by atoms with Crippen LogP contribution in [0.5, 0.6) is 0 Å². The minimum atomic E-state index is -0.409. The van der Waals surface area contributed by atoms with E-state index >= 15 is 0 Å². The number of Topliss-reactive ketones (excluding diaryl/α,β-unsaturated/α-hetero) is 1. The summed E-state index contributed by atoms with van der Waals surface area (Å²) in [5.41, 5.74) is 4.84. The van der Waals surface area contributed by atoms with Crippen LogP contribution in [0.2, 0.25) is 0 Å². The summed E-state index contributed by atoms with van der Waals surface area (Å²) in [7, 11) is 0. The maximum absolute atomic E-state index is 12.7. The number of rotatable bonds is 6. The molecular weight excluding hydrogens is 340 g/mol. The largest absolute Gasteiger partial charge is 0.498 e. The Kier molecular flexibility index (Phi) is 5.38. The van der Waals surface area contributed by atoms with Gasteiger partial charge in [-0.1, -0.05) is 31.5 Å². The van der Waals surface area contributed by atoms with Crippen LogP contribution in [0.1, 0.15) is 56.2 Å². The van der Waals surface area contributed by atoms with Gasteiger partial charge in [-0.05, 0) is 42.9 Å². The van der Waals surface area contributed by atoms with Crippen LogP contribution in [0.4, 0.5) is 0 Å². The molecule has 0 N–H and O–H groups in total. The molecule has 146 valence electrons. The van der Waals surface area contributed by atoms with Crippen molar-refractivity contribution in [2.75, 3.05) is 19.8 Å². The lowest BCUT2D eigenvalue weighted by atomic mass is 9.82. The van der Waals surface area contributed by atoms with Gasteiger partial charge in [0.2, 0.25) is 0 Å². The van der Waals surface area contributed by atoms with Crippen LogP contribution in [-0.2, 0) is 38.3 Å². The Bertz CT molecular complexity index is 743. The molecule has 1 aromatic rings. The molecular formula is C23H30O4. The van der Waals surface area contributed by atoms with Gasteiger partial charge in [-0.15, -0.1) is 0 Å². The van der Waals surface area contributed by atoms with Gasteiger partial charge < -0.3 is 14.2 Å². The summed E-state index contributed by atoms with van der Waals surface area (Å²) in [6, 6.07) is 6.48. The quantitative estimate of drug-likeness (QED) is 0.706. The Morgan fingerprint density at radius 1 is 1.26 bits per heavy atom. The van der Waals surface area contributed by atoms with Crippen LogP contribution >= 0.6 is 0 Å². The molecule has 1 aromatic carbocycles. The van der Waals surface area contributed by atoms with Crippen LogP contribution in [0.25, 0.3) is 0 Å². The van der Waals surface area contributed by atoms with E-state index in [9.17, 15) is 4.79 Å². The van der Waals surface area contributed by atoms with Crippen molar-refractivity contribution in [3.8, 4) is 0 Å². The lowest BCUT2D eigenvalue weighted by Gasteiger charge is -2.34. The van der Waals surface area contributed by atoms with E-state index in [1.54, 1.807) is 0 Å². The van der Waals surface area contributed by atoms with E-state index < -0.39 is 5.79 Å². The molecule has 4 nitrogen and oxygen atoms in total. The van der Waals surface area contributed by atoms with Gasteiger partial charge in [0.25, 0.3) is 0 Å². The van der Waals surface area contributed by atoms with Crippen molar-refractivity contribution in [1.82, 2.24) is 0 Å². The molecule has 27 heavy (non-hydrogen) atoms. The number of fused-ring (bicyclic) bond motifs is 1. The Morgan fingerprint density at radius 3 is 2.85 bits per heavy atom. The van der Waals surface area contributed by atoms with Crippen LogP contribution in [0.15, 0.2) is 29.5 Å². The summed E-state index contributed by atoms with van der Waals surface area (Å²) in [4.78, 5) is 12.7. The first-order chi connectivity index (χ1) is 13.1. The van der Waals surface area contributed by atoms with Gasteiger partial charge in [0.1, 0.15) is 5.76 Å². The molecule has 1 fully saturated rings. The second kappa shape index (κ2) is 7.76. The normalized spacial score (nSPS) is 23.9. The first kappa shape index (κ1) is 18.7. The molecule has 0 saturated carbocycles. The van der Waals surface area contributed by atoms with Gasteiger partial charge in [0.15, 0.2) is 11.6 Å². The van der Waals surface area contributed by atoms with Gasteiger partial charge >= 0.3 is 0 Å². The minimum absolute atomic E-state index is 0.0167. The van der Waals surface area contributed by atoms with E-state index in [1.807, 2.05) is 6.92 Å². The fourth-order valence-corrected chi connectivity index (χ4v) is 4.65. The summed E-state index contributed by atoms with van der Waals surface area (Å²) < 4.78 is 17.7. The minimum Gasteiger partial charge on any atom is -0.498 e. The summed E-state index contributed by atoms with van der Waals surface area (Å²) in [6.07, 6.45) is 6.36. The van der Waals surface area contributed by atoms with Gasteiger partial charge in [0.05, 0.1) is 19.8 Å². The Hall–Kier alpha value is -1.65. The van der Waals surface area contributed by atoms with Crippen LogP contribution in [0, 0.1) is 5.92 Å². The van der Waals surface area contributed by atoms with E-state index in [1.165, 1.54) is 16.7 Å². The fourth-order valence-electron chi connectivity index (χ4n) is 4.65. The molecule has 1 aliphatic heterocycles. The van der Waals surface area contributed by atoms with E-state index in [0.717, 1.165) is 56.3 Å². The van der Waals surface area contributed by atoms with Crippen molar-refractivity contribution in [3.05, 3.63) is 46.2 Å². The van der Waals surface area contributed by atoms with Crippen molar-refractivity contribution in [3.63, 3.8) is 0 Å². The highest BCUT2D eigenvalue weighted by Gasteiger charge is 2.40. The number of benzene rings is 1. The van der Waals surface area contributed by atoms with Crippen molar-refractivity contribution in [2.24, 2.45) is 5.92 Å². The third-order valence-corrected chi connectivity index (χ3v) is 6.23. The number of hydrogen-bond acceptors (Lipinski definition) is 4. The van der Waals surface area contributed by atoms with Crippen molar-refractivity contribution in [1.29, 1.82) is 0 Å². The first-order valence-electron chi connectivity index (χ1n) is 10.4. The van der Waals surface area contributed by atoms with Gasteiger partial charge in [-0.2, -0.15) is 0 Å². The van der Waals surface area contributed by atoms with Crippen LogP contribution < -0.4 is 0 Å². The van der Waals surface area contributed by atoms with Crippen molar-refractivity contribution < 1.29 is 19.0 Å². The smallest absolute Gasteiger partial charge is 0.172 e. The third-order valence-electron chi connectivity index (χ3n) is 6.23. The summed E-state index contributed by atoms with van der Waals surface area (Å²) in [5, 5.41) is 0. The van der Waals surface area contributed by atoms with E-state index in [-0.39, 0.29) is 11.7 Å². The number of ether oxygens (including phenoxy) is 3. The topological polar surface area (TPSA) is 44.8 Å². The maximum Gasteiger partial charge on any atom is 0.172 e. The van der Waals surface area contributed by atoms with Crippen molar-refractivity contribution >= 4 is 5.78 Å². The average Bonchev–Trinajstić information content (AvgIpc) is 3.22. The molecule has 1 heterocycles. The van der Waals surface area contributed by atoms with E-state index in [4.69, 9.17) is 14.2 Å². The van der Waals surface area contributed by atoms with Crippen LogP contribution in [0.3, 0.4) is 0 Å². The highest BCUT2D eigenvalue weighted by atomic mass is 16.7. The second-order valence-corrected chi connectivity index (χ2v) is 8.06. The zero-order valence-corrected chi connectivity index (χ0v) is 16.5. The Balaban J connectivity index is 1.46. The number of hydrogen-bond donors (Lipinski definition) is 0. The number of ketones is 1. The number of unbranched alkanes of at least 4 members (excludes halogenated alkanes) is 1. The molecule has 0 amide bonds. The lowest BCUT2D eigenvalue weighted by Crippen LogP contribution is -2.37. The van der Waals surface area contributed by atoms with E-state index in [0.29, 0.717) is 19.8 Å². The predicted molar refractivity (Wildman–Crippen MR) is 103 cm³/mol. The number of carbonyl (C=O) groups is 1. The summed E-state index contributed by atoms with van der Waals surface area (Å²) in [5.74, 6) is 0.777. The Morgan fingerprint density at radius 2 is 2.07 bits per heavy atom. The molecule has 0 radical (unpaired) electrons. The molecule has 1 saturated heterocycles. The lowest BCUT2D eigenvalue weighted by molar-refractivity contribution is -0.163. The van der Waals surface area contributed by atoms with Gasteiger partial charge in [0, 0.05) is 30.8 Å². The summed E-state index contributed by atoms with van der Waals surface area (Å²) >= 11 is 0. The monoisotopic (exact) mass is 370 g/mol. The molecule has 2 aliphatic carbocycles. The predicted octanol–water partition coefficient (Wildman–Crippen LogP) is 4.14. The molecule has 1 spiro atoms. The highest BCUT2D eigenvalue weighted by Crippen LogP contribution is 2.38. The van der Waals surface area contributed by atoms with Gasteiger partial charge in [-0.3, -0.25) is 4.79 Å². The van der Waals surface area contributed by atoms with Gasteiger partial charge in [-0.25, -0.2) is 0 Å². The summed E-state index contributed by atoms with van der Waals surface area (Å²) in [6.45, 7) is 6.17. The standard InChI is InChI=1S/C23H30O4/c1-3-4-10-25-21-14-19(22(24)16(21)2)13-17-6-5-7-18-15-23(9-8-20(17)18)26-11-12-27-23/h5-7,19H,3-4,8-15H2,1-2H3.